The van der Waals surface area contributed by atoms with Crippen LogP contribution < -0.4 is 9.47 Å². The highest BCUT2D eigenvalue weighted by Gasteiger charge is 2.42. The van der Waals surface area contributed by atoms with Gasteiger partial charge in [-0.3, -0.25) is 0 Å². The number of fused-ring (bicyclic) bond motifs is 1. The van der Waals surface area contributed by atoms with Gasteiger partial charge in [-0.2, -0.15) is 0 Å². The van der Waals surface area contributed by atoms with E-state index >= 15 is 0 Å². The van der Waals surface area contributed by atoms with Crippen LogP contribution in [0.2, 0.25) is 0 Å². The molecule has 1 aromatic carbocycles. The first kappa shape index (κ1) is 20.5. The van der Waals surface area contributed by atoms with E-state index in [1.807, 2.05) is 20.8 Å². The summed E-state index contributed by atoms with van der Waals surface area (Å²) in [4.78, 5) is 12.1. The number of ether oxygens (including phenoxy) is 3. The third-order valence-electron chi connectivity index (χ3n) is 5.03. The number of carbonyl (C=O) groups excluding carboxylic acids is 1. The van der Waals surface area contributed by atoms with Crippen molar-refractivity contribution < 1.29 is 34.3 Å². The van der Waals surface area contributed by atoms with Crippen molar-refractivity contribution in [2.24, 2.45) is 0 Å². The molecular weight excluding hydrogens is 340 g/mol. The van der Waals surface area contributed by atoms with Gasteiger partial charge in [-0.25, -0.2) is 4.79 Å². The summed E-state index contributed by atoms with van der Waals surface area (Å²) in [5.74, 6) is 0.814. The van der Waals surface area contributed by atoms with Gasteiger partial charge in [-0.15, -0.1) is 0 Å². The van der Waals surface area contributed by atoms with Crippen LogP contribution in [0, 0.1) is 20.8 Å². The van der Waals surface area contributed by atoms with Crippen LogP contribution in [0.1, 0.15) is 48.4 Å². The van der Waals surface area contributed by atoms with E-state index < -0.39 is 24.2 Å². The molecule has 0 spiro atoms. The summed E-state index contributed by atoms with van der Waals surface area (Å²) < 4.78 is 16.6. The van der Waals surface area contributed by atoms with Crippen LogP contribution in [-0.4, -0.2) is 46.6 Å². The van der Waals surface area contributed by atoms with Gasteiger partial charge in [0, 0.05) is 24.8 Å². The molecule has 7 heteroatoms. The summed E-state index contributed by atoms with van der Waals surface area (Å²) in [6.07, 6.45) is -1.40. The molecule has 0 saturated heterocycles. The van der Waals surface area contributed by atoms with Crippen LogP contribution in [0.25, 0.3) is 0 Å². The number of benzene rings is 1. The van der Waals surface area contributed by atoms with Crippen LogP contribution >= 0.6 is 0 Å². The molecule has 1 aliphatic rings. The Bertz CT molecular complexity index is 683. The number of hydrogen-bond donors (Lipinski definition) is 3. The fourth-order valence-electron chi connectivity index (χ4n) is 3.26. The van der Waals surface area contributed by atoms with E-state index in [-0.39, 0.29) is 12.8 Å². The second-order valence-corrected chi connectivity index (χ2v) is 6.97. The largest absolute Gasteiger partial charge is 0.475 e. The van der Waals surface area contributed by atoms with E-state index in [2.05, 4.69) is 0 Å². The van der Waals surface area contributed by atoms with Crippen molar-refractivity contribution in [3.63, 3.8) is 0 Å². The lowest BCUT2D eigenvalue weighted by Gasteiger charge is -2.36. The average Bonchev–Trinajstić information content (AvgIpc) is 2.60. The predicted molar refractivity (Wildman–Crippen MR) is 94.1 cm³/mol. The van der Waals surface area contributed by atoms with Gasteiger partial charge < -0.3 is 29.5 Å². The minimum atomic E-state index is -1.48. The topological polar surface area (TPSA) is 105 Å². The first-order chi connectivity index (χ1) is 12.1. The Balaban J connectivity index is 2.34. The van der Waals surface area contributed by atoms with Crippen LogP contribution in [0.3, 0.4) is 0 Å². The number of aliphatic hydroxyl groups excluding tert-OH is 2. The maximum atomic E-state index is 12.1. The summed E-state index contributed by atoms with van der Waals surface area (Å²) in [5.41, 5.74) is 2.41. The first-order valence-electron chi connectivity index (χ1n) is 8.71. The van der Waals surface area contributed by atoms with Gasteiger partial charge in [0.05, 0.1) is 7.11 Å². The SMILES string of the molecule is COC(=O)[C@]1(C)CCc2c(C)c(OC(O)CCC(O)O)c(C)c(C)c2O1. The van der Waals surface area contributed by atoms with Crippen LogP contribution in [-0.2, 0) is 16.0 Å². The molecule has 26 heavy (non-hydrogen) atoms. The Morgan fingerprint density at radius 2 is 1.81 bits per heavy atom. The Kier molecular flexibility index (Phi) is 6.16. The predicted octanol–water partition coefficient (Wildman–Crippen LogP) is 1.66. The zero-order valence-electron chi connectivity index (χ0n) is 16.0. The number of hydrogen-bond acceptors (Lipinski definition) is 7. The highest BCUT2D eigenvalue weighted by Crippen LogP contribution is 2.44. The van der Waals surface area contributed by atoms with Gasteiger partial charge in [0.15, 0.2) is 12.6 Å². The summed E-state index contributed by atoms with van der Waals surface area (Å²) in [5, 5.41) is 27.9. The van der Waals surface area contributed by atoms with Crippen molar-refractivity contribution in [2.75, 3.05) is 7.11 Å². The third-order valence-corrected chi connectivity index (χ3v) is 5.03. The van der Waals surface area contributed by atoms with Gasteiger partial charge in [0.2, 0.25) is 5.60 Å². The van der Waals surface area contributed by atoms with Gasteiger partial charge >= 0.3 is 5.97 Å². The molecule has 1 aromatic rings. The summed E-state index contributed by atoms with van der Waals surface area (Å²) in [6.45, 7) is 7.35. The minimum Gasteiger partial charge on any atom is -0.475 e. The summed E-state index contributed by atoms with van der Waals surface area (Å²) in [7, 11) is 1.34. The van der Waals surface area contributed by atoms with Gasteiger partial charge in [-0.05, 0) is 50.8 Å². The molecule has 0 aliphatic carbocycles. The molecule has 146 valence electrons. The van der Waals surface area contributed by atoms with Crippen molar-refractivity contribution in [1.82, 2.24) is 0 Å². The molecule has 0 saturated carbocycles. The number of esters is 1. The monoisotopic (exact) mass is 368 g/mol. The molecule has 0 bridgehead atoms. The molecule has 3 N–H and O–H groups in total. The molecule has 0 radical (unpaired) electrons. The smallest absolute Gasteiger partial charge is 0.349 e. The quantitative estimate of drug-likeness (QED) is 0.518. The van der Waals surface area contributed by atoms with Crippen LogP contribution in [0.15, 0.2) is 0 Å². The first-order valence-corrected chi connectivity index (χ1v) is 8.71. The fraction of sp³-hybridized carbons (Fsp3) is 0.632. The lowest BCUT2D eigenvalue weighted by atomic mass is 9.87. The van der Waals surface area contributed by atoms with E-state index in [9.17, 15) is 9.90 Å². The summed E-state index contributed by atoms with van der Waals surface area (Å²) >= 11 is 0. The highest BCUT2D eigenvalue weighted by atomic mass is 16.6. The van der Waals surface area contributed by atoms with E-state index in [1.165, 1.54) is 7.11 Å². The van der Waals surface area contributed by atoms with E-state index in [0.717, 1.165) is 22.3 Å². The van der Waals surface area contributed by atoms with Crippen molar-refractivity contribution in [3.8, 4) is 11.5 Å². The Hall–Kier alpha value is -1.83. The molecule has 1 unspecified atom stereocenters. The van der Waals surface area contributed by atoms with Crippen molar-refractivity contribution in [2.45, 2.75) is 71.6 Å². The highest BCUT2D eigenvalue weighted by molar-refractivity contribution is 5.80. The molecule has 0 fully saturated rings. The molecule has 2 atom stereocenters. The Morgan fingerprint density at radius 3 is 2.38 bits per heavy atom. The van der Waals surface area contributed by atoms with Crippen LogP contribution in [0.5, 0.6) is 11.5 Å². The molecule has 7 nitrogen and oxygen atoms in total. The fourth-order valence-corrected chi connectivity index (χ4v) is 3.26. The maximum Gasteiger partial charge on any atom is 0.349 e. The zero-order valence-corrected chi connectivity index (χ0v) is 16.0. The second kappa shape index (κ2) is 7.82. The zero-order chi connectivity index (χ0) is 19.6. The van der Waals surface area contributed by atoms with Crippen molar-refractivity contribution in [1.29, 1.82) is 0 Å². The number of aliphatic hydroxyl groups is 3. The third kappa shape index (κ3) is 3.95. The number of rotatable bonds is 6. The van der Waals surface area contributed by atoms with Crippen molar-refractivity contribution >= 4 is 5.97 Å². The second-order valence-electron chi connectivity index (χ2n) is 6.97. The summed E-state index contributed by atoms with van der Waals surface area (Å²) in [6, 6.07) is 0. The Labute approximate surface area is 153 Å². The molecular formula is C19H28O7. The molecule has 1 heterocycles. The lowest BCUT2D eigenvalue weighted by molar-refractivity contribution is -0.159. The number of carbonyl (C=O) groups is 1. The number of methoxy groups -OCH3 is 1. The van der Waals surface area contributed by atoms with E-state index in [1.54, 1.807) is 6.92 Å². The normalized spacial score (nSPS) is 20.3. The minimum absolute atomic E-state index is 0.0176. The lowest BCUT2D eigenvalue weighted by Crippen LogP contribution is -2.45. The molecule has 2 rings (SSSR count). The van der Waals surface area contributed by atoms with Gasteiger partial charge in [0.1, 0.15) is 11.5 Å². The standard InChI is InChI=1S/C19H28O7/c1-10-11(2)17-13(8-9-19(4,26-17)18(23)24-5)12(3)16(10)25-15(22)7-6-14(20)21/h14-15,20-22H,6-9H2,1-5H3/t15?,19-/m0/s1. The Morgan fingerprint density at radius 1 is 1.15 bits per heavy atom. The van der Waals surface area contributed by atoms with Gasteiger partial charge in [0.25, 0.3) is 0 Å². The average molecular weight is 368 g/mol. The van der Waals surface area contributed by atoms with Gasteiger partial charge in [-0.1, -0.05) is 0 Å². The van der Waals surface area contributed by atoms with E-state index in [0.29, 0.717) is 24.3 Å². The molecule has 0 amide bonds. The molecule has 0 aromatic heterocycles. The maximum absolute atomic E-state index is 12.1. The van der Waals surface area contributed by atoms with Crippen LogP contribution in [0.4, 0.5) is 0 Å². The van der Waals surface area contributed by atoms with E-state index in [4.69, 9.17) is 24.4 Å². The van der Waals surface area contributed by atoms with Crippen molar-refractivity contribution in [3.05, 3.63) is 22.3 Å². The molecule has 1 aliphatic heterocycles.